The van der Waals surface area contributed by atoms with Crippen molar-refractivity contribution in [2.45, 2.75) is 12.7 Å². The largest absolute Gasteiger partial charge is 0.493 e. The van der Waals surface area contributed by atoms with Crippen molar-refractivity contribution in [3.63, 3.8) is 0 Å². The number of primary amides is 1. The molecule has 0 spiro atoms. The van der Waals surface area contributed by atoms with Crippen LogP contribution in [0.2, 0.25) is 0 Å². The van der Waals surface area contributed by atoms with Crippen molar-refractivity contribution >= 4 is 11.9 Å². The molecule has 1 unspecified atom stereocenters. The highest BCUT2D eigenvalue weighted by molar-refractivity contribution is 5.93. The van der Waals surface area contributed by atoms with Gasteiger partial charge in [-0.1, -0.05) is 60.7 Å². The first-order valence-electron chi connectivity index (χ1n) is 8.98. The fourth-order valence-electron chi connectivity index (χ4n) is 2.74. The molecule has 0 aromatic heterocycles. The molecule has 0 heterocycles. The predicted octanol–water partition coefficient (Wildman–Crippen LogP) is 3.66. The average Bonchev–Trinajstić information content (AvgIpc) is 2.76. The molecule has 0 radical (unpaired) electrons. The maximum atomic E-state index is 12.6. The second-order valence-electron chi connectivity index (χ2n) is 6.24. The van der Waals surface area contributed by atoms with Gasteiger partial charge in [0.25, 0.3) is 5.91 Å². The monoisotopic (exact) mass is 391 g/mol. The summed E-state index contributed by atoms with van der Waals surface area (Å²) in [4.78, 5) is 24.3. The van der Waals surface area contributed by atoms with Crippen LogP contribution >= 0.6 is 0 Å². The molecule has 0 aliphatic heterocycles. The van der Waals surface area contributed by atoms with E-state index in [1.807, 2.05) is 30.3 Å². The fourth-order valence-corrected chi connectivity index (χ4v) is 2.74. The van der Waals surface area contributed by atoms with Gasteiger partial charge in [-0.3, -0.25) is 4.79 Å². The number of carbonyl (C=O) groups excluding carboxylic acids is 2. The predicted molar refractivity (Wildman–Crippen MR) is 108 cm³/mol. The molecule has 148 valence electrons. The van der Waals surface area contributed by atoms with Gasteiger partial charge in [-0.05, 0) is 23.8 Å². The summed E-state index contributed by atoms with van der Waals surface area (Å²) >= 11 is 0. The molecule has 0 aliphatic rings. The Morgan fingerprint density at radius 2 is 1.55 bits per heavy atom. The summed E-state index contributed by atoms with van der Waals surface area (Å²) < 4.78 is 16.5. The van der Waals surface area contributed by atoms with Crippen LogP contribution in [0.4, 0.5) is 0 Å². The van der Waals surface area contributed by atoms with E-state index in [9.17, 15) is 9.59 Å². The molecule has 0 bridgehead atoms. The van der Waals surface area contributed by atoms with Crippen LogP contribution in [0, 0.1) is 0 Å². The van der Waals surface area contributed by atoms with E-state index < -0.39 is 18.0 Å². The van der Waals surface area contributed by atoms with Gasteiger partial charge < -0.3 is 19.9 Å². The molecule has 3 aromatic carbocycles. The normalized spacial score (nSPS) is 11.3. The minimum absolute atomic E-state index is 0.219. The minimum atomic E-state index is -1.18. The second kappa shape index (κ2) is 9.41. The van der Waals surface area contributed by atoms with Crippen LogP contribution in [-0.2, 0) is 16.1 Å². The van der Waals surface area contributed by atoms with Crippen molar-refractivity contribution in [2.75, 3.05) is 7.11 Å². The van der Waals surface area contributed by atoms with Crippen LogP contribution in [-0.4, -0.2) is 19.0 Å². The Morgan fingerprint density at radius 1 is 0.897 bits per heavy atom. The molecule has 1 atom stereocenters. The maximum absolute atomic E-state index is 12.6. The third-order valence-corrected chi connectivity index (χ3v) is 4.22. The Kier molecular flexibility index (Phi) is 6.47. The minimum Gasteiger partial charge on any atom is -0.493 e. The number of nitrogens with two attached hydrogens (primary N) is 1. The van der Waals surface area contributed by atoms with E-state index in [1.165, 1.54) is 13.2 Å². The molecule has 2 N–H and O–H groups in total. The molecule has 3 rings (SSSR count). The Bertz CT molecular complexity index is 973. The number of methoxy groups -OCH3 is 1. The van der Waals surface area contributed by atoms with Gasteiger partial charge in [0.1, 0.15) is 6.61 Å². The smallest absolute Gasteiger partial charge is 0.339 e. The van der Waals surface area contributed by atoms with Crippen LogP contribution in [0.25, 0.3) is 0 Å². The Labute approximate surface area is 168 Å². The standard InChI is InChI=1S/C23H21NO5/c1-27-20-14-18(12-13-19(20)28-15-16-8-4-2-5-9-16)23(26)29-21(22(24)25)17-10-6-3-7-11-17/h2-14,21H,15H2,1H3,(H2,24,25). The van der Waals surface area contributed by atoms with Crippen LogP contribution in [0.3, 0.4) is 0 Å². The third kappa shape index (κ3) is 5.13. The lowest BCUT2D eigenvalue weighted by Gasteiger charge is -2.16. The molecule has 0 saturated heterocycles. The lowest BCUT2D eigenvalue weighted by Crippen LogP contribution is -2.26. The summed E-state index contributed by atoms with van der Waals surface area (Å²) in [6.45, 7) is 0.360. The van der Waals surface area contributed by atoms with Crippen LogP contribution in [0.5, 0.6) is 11.5 Å². The fraction of sp³-hybridized carbons (Fsp3) is 0.130. The van der Waals surface area contributed by atoms with E-state index in [0.29, 0.717) is 23.7 Å². The summed E-state index contributed by atoms with van der Waals surface area (Å²) in [5.41, 5.74) is 7.14. The lowest BCUT2D eigenvalue weighted by molar-refractivity contribution is -0.127. The Hall–Kier alpha value is -3.80. The molecule has 0 aliphatic carbocycles. The highest BCUT2D eigenvalue weighted by atomic mass is 16.5. The highest BCUT2D eigenvalue weighted by Crippen LogP contribution is 2.30. The van der Waals surface area contributed by atoms with Crippen molar-refractivity contribution in [1.29, 1.82) is 0 Å². The molecular formula is C23H21NO5. The molecule has 1 amide bonds. The average molecular weight is 391 g/mol. The Balaban J connectivity index is 1.74. The summed E-state index contributed by atoms with van der Waals surface area (Å²) in [6.07, 6.45) is -1.18. The first kappa shape index (κ1) is 19.9. The maximum Gasteiger partial charge on any atom is 0.339 e. The van der Waals surface area contributed by atoms with Gasteiger partial charge in [0.05, 0.1) is 12.7 Å². The van der Waals surface area contributed by atoms with Crippen molar-refractivity contribution in [2.24, 2.45) is 5.73 Å². The molecule has 3 aromatic rings. The van der Waals surface area contributed by atoms with Gasteiger partial charge in [0.15, 0.2) is 11.5 Å². The van der Waals surface area contributed by atoms with Crippen molar-refractivity contribution < 1.29 is 23.8 Å². The van der Waals surface area contributed by atoms with E-state index >= 15 is 0 Å². The first-order valence-corrected chi connectivity index (χ1v) is 8.98. The number of ether oxygens (including phenoxy) is 3. The van der Waals surface area contributed by atoms with Gasteiger partial charge >= 0.3 is 5.97 Å². The van der Waals surface area contributed by atoms with E-state index in [0.717, 1.165) is 5.56 Å². The second-order valence-corrected chi connectivity index (χ2v) is 6.24. The zero-order valence-corrected chi connectivity index (χ0v) is 15.9. The molecule has 29 heavy (non-hydrogen) atoms. The summed E-state index contributed by atoms with van der Waals surface area (Å²) in [5, 5.41) is 0. The number of hydrogen-bond donors (Lipinski definition) is 1. The van der Waals surface area contributed by atoms with Crippen LogP contribution in [0.15, 0.2) is 78.9 Å². The lowest BCUT2D eigenvalue weighted by atomic mass is 10.1. The number of esters is 1. The summed E-state index contributed by atoms with van der Waals surface area (Å²) in [5.74, 6) is -0.571. The number of amides is 1. The number of hydrogen-bond acceptors (Lipinski definition) is 5. The third-order valence-electron chi connectivity index (χ3n) is 4.22. The SMILES string of the molecule is COc1cc(C(=O)OC(C(N)=O)c2ccccc2)ccc1OCc1ccccc1. The van der Waals surface area contributed by atoms with Crippen molar-refractivity contribution in [1.82, 2.24) is 0 Å². The van der Waals surface area contributed by atoms with Gasteiger partial charge in [0.2, 0.25) is 6.10 Å². The van der Waals surface area contributed by atoms with E-state index in [-0.39, 0.29) is 5.56 Å². The summed E-state index contributed by atoms with van der Waals surface area (Å²) in [6, 6.07) is 23.0. The molecule has 0 fully saturated rings. The Morgan fingerprint density at radius 3 is 2.17 bits per heavy atom. The van der Waals surface area contributed by atoms with E-state index in [1.54, 1.807) is 42.5 Å². The summed E-state index contributed by atoms with van der Waals surface area (Å²) in [7, 11) is 1.48. The zero-order chi connectivity index (χ0) is 20.6. The van der Waals surface area contributed by atoms with Crippen molar-refractivity contribution in [3.05, 3.63) is 95.6 Å². The van der Waals surface area contributed by atoms with Crippen LogP contribution < -0.4 is 15.2 Å². The van der Waals surface area contributed by atoms with E-state index in [2.05, 4.69) is 0 Å². The molecule has 6 heteroatoms. The van der Waals surface area contributed by atoms with Crippen molar-refractivity contribution in [3.8, 4) is 11.5 Å². The number of carbonyl (C=O) groups is 2. The van der Waals surface area contributed by atoms with Gasteiger partial charge in [-0.25, -0.2) is 4.79 Å². The highest BCUT2D eigenvalue weighted by Gasteiger charge is 2.24. The van der Waals surface area contributed by atoms with Crippen LogP contribution in [0.1, 0.15) is 27.6 Å². The zero-order valence-electron chi connectivity index (χ0n) is 15.9. The van der Waals surface area contributed by atoms with E-state index in [4.69, 9.17) is 19.9 Å². The molecular weight excluding hydrogens is 370 g/mol. The first-order chi connectivity index (χ1) is 14.1. The molecule has 0 saturated carbocycles. The van der Waals surface area contributed by atoms with Gasteiger partial charge in [0, 0.05) is 5.56 Å². The van der Waals surface area contributed by atoms with Gasteiger partial charge in [-0.2, -0.15) is 0 Å². The number of benzene rings is 3. The van der Waals surface area contributed by atoms with Gasteiger partial charge in [-0.15, -0.1) is 0 Å². The number of rotatable bonds is 8. The molecule has 6 nitrogen and oxygen atoms in total. The topological polar surface area (TPSA) is 87.9 Å². The quantitative estimate of drug-likeness (QED) is 0.592.